The van der Waals surface area contributed by atoms with Crippen molar-refractivity contribution in [1.82, 2.24) is 9.88 Å². The van der Waals surface area contributed by atoms with Crippen molar-refractivity contribution in [3.05, 3.63) is 35.0 Å². The molecule has 0 unspecified atom stereocenters. The Kier molecular flexibility index (Phi) is 4.45. The van der Waals surface area contributed by atoms with Crippen molar-refractivity contribution in [2.45, 2.75) is 25.7 Å². The highest BCUT2D eigenvalue weighted by Crippen LogP contribution is 2.29. The van der Waals surface area contributed by atoms with Gasteiger partial charge in [0.15, 0.2) is 0 Å². The van der Waals surface area contributed by atoms with E-state index >= 15 is 0 Å². The lowest BCUT2D eigenvalue weighted by molar-refractivity contribution is 0.0685. The predicted molar refractivity (Wildman–Crippen MR) is 85.0 cm³/mol. The number of aromatic amines is 1. The molecule has 1 aromatic heterocycles. The smallest absolute Gasteiger partial charge is 0.254 e. The number of hydrogen-bond acceptors (Lipinski definition) is 3. The summed E-state index contributed by atoms with van der Waals surface area (Å²) in [4.78, 5) is 17.5. The lowest BCUT2D eigenvalue weighted by Crippen LogP contribution is -2.35. The quantitative estimate of drug-likeness (QED) is 0.783. The average molecular weight is 302 g/mol. The maximum Gasteiger partial charge on any atom is 0.254 e. The van der Waals surface area contributed by atoms with Gasteiger partial charge in [-0.1, -0.05) is 0 Å². The summed E-state index contributed by atoms with van der Waals surface area (Å²) >= 11 is 0. The molecule has 0 bridgehead atoms. The number of nitrogens with zero attached hydrogens (tertiary/aromatic N) is 1. The zero-order valence-corrected chi connectivity index (χ0v) is 12.6. The maximum atomic E-state index is 12.6. The van der Waals surface area contributed by atoms with Crippen molar-refractivity contribution in [2.75, 3.05) is 26.3 Å². The third-order valence-electron chi connectivity index (χ3n) is 4.37. The zero-order valence-electron chi connectivity index (χ0n) is 12.6. The van der Waals surface area contributed by atoms with Crippen molar-refractivity contribution < 1.29 is 15.0 Å². The van der Waals surface area contributed by atoms with Crippen LogP contribution in [0, 0.1) is 0 Å². The van der Waals surface area contributed by atoms with Crippen LogP contribution in [0.5, 0.6) is 0 Å². The lowest BCUT2D eigenvalue weighted by atomic mass is 9.95. The third kappa shape index (κ3) is 2.74. The number of aliphatic hydroxyl groups is 2. The number of benzene rings is 1. The molecule has 0 saturated carbocycles. The highest BCUT2D eigenvalue weighted by Gasteiger charge is 2.19. The van der Waals surface area contributed by atoms with Crippen LogP contribution < -0.4 is 0 Å². The normalized spacial score (nSPS) is 14.1. The molecule has 1 heterocycles. The van der Waals surface area contributed by atoms with Crippen molar-refractivity contribution in [3.63, 3.8) is 0 Å². The van der Waals surface area contributed by atoms with E-state index in [0.717, 1.165) is 23.7 Å². The Balaban J connectivity index is 1.95. The van der Waals surface area contributed by atoms with E-state index in [4.69, 9.17) is 10.2 Å². The number of carbonyl (C=O) groups is 1. The SMILES string of the molecule is O=C(c1ccc2[nH]c3c(c2c1)CCCC3)N(CCO)CCO. The van der Waals surface area contributed by atoms with Crippen molar-refractivity contribution >= 4 is 16.8 Å². The summed E-state index contributed by atoms with van der Waals surface area (Å²) in [6.45, 7) is 0.270. The first-order valence-corrected chi connectivity index (χ1v) is 7.89. The van der Waals surface area contributed by atoms with Gasteiger partial charge in [-0.3, -0.25) is 4.79 Å². The second-order valence-electron chi connectivity index (χ2n) is 5.79. The third-order valence-corrected chi connectivity index (χ3v) is 4.37. The molecule has 1 aliphatic rings. The first-order valence-electron chi connectivity index (χ1n) is 7.89. The molecule has 0 atom stereocenters. The minimum absolute atomic E-state index is 0.104. The van der Waals surface area contributed by atoms with Gasteiger partial charge >= 0.3 is 0 Å². The Morgan fingerprint density at radius 2 is 1.86 bits per heavy atom. The molecule has 0 radical (unpaired) electrons. The number of rotatable bonds is 5. The monoisotopic (exact) mass is 302 g/mol. The number of aryl methyl sites for hydroxylation is 2. The minimum atomic E-state index is -0.143. The average Bonchev–Trinajstić information content (AvgIpc) is 2.92. The van der Waals surface area contributed by atoms with Crippen LogP contribution in [0.15, 0.2) is 18.2 Å². The molecular weight excluding hydrogens is 280 g/mol. The van der Waals surface area contributed by atoms with Gasteiger partial charge in [0.2, 0.25) is 0 Å². The molecule has 1 amide bonds. The Bertz CT molecular complexity index is 672. The molecule has 0 aliphatic heterocycles. The topological polar surface area (TPSA) is 76.6 Å². The molecule has 3 rings (SSSR count). The second-order valence-corrected chi connectivity index (χ2v) is 5.79. The van der Waals surface area contributed by atoms with Gasteiger partial charge in [-0.15, -0.1) is 0 Å². The van der Waals surface area contributed by atoms with E-state index in [0.29, 0.717) is 5.56 Å². The summed E-state index contributed by atoms with van der Waals surface area (Å²) in [5, 5.41) is 19.3. The Labute approximate surface area is 129 Å². The summed E-state index contributed by atoms with van der Waals surface area (Å²) in [6.07, 6.45) is 4.55. The summed E-state index contributed by atoms with van der Waals surface area (Å²) in [6, 6.07) is 5.71. The molecule has 0 fully saturated rings. The second kappa shape index (κ2) is 6.50. The molecule has 0 saturated heterocycles. The summed E-state index contributed by atoms with van der Waals surface area (Å²) in [7, 11) is 0. The highest BCUT2D eigenvalue weighted by atomic mass is 16.3. The van der Waals surface area contributed by atoms with Crippen LogP contribution in [0.2, 0.25) is 0 Å². The molecule has 0 spiro atoms. The van der Waals surface area contributed by atoms with Crippen LogP contribution in [0.4, 0.5) is 0 Å². The standard InChI is InChI=1S/C17H22N2O3/c20-9-7-19(8-10-21)17(22)12-5-6-16-14(11-12)13-3-1-2-4-15(13)18-16/h5-6,11,18,20-21H,1-4,7-10H2. The van der Waals surface area contributed by atoms with Crippen molar-refractivity contribution in [3.8, 4) is 0 Å². The van der Waals surface area contributed by atoms with Crippen LogP contribution in [-0.2, 0) is 12.8 Å². The van der Waals surface area contributed by atoms with Crippen LogP contribution in [0.25, 0.3) is 10.9 Å². The Hall–Kier alpha value is -1.85. The van der Waals surface area contributed by atoms with Gasteiger partial charge in [-0.25, -0.2) is 0 Å². The van der Waals surface area contributed by atoms with E-state index in [9.17, 15) is 4.79 Å². The Morgan fingerprint density at radius 1 is 1.14 bits per heavy atom. The number of aliphatic hydroxyl groups excluding tert-OH is 2. The number of H-pyrrole nitrogens is 1. The first-order chi connectivity index (χ1) is 10.7. The molecule has 1 aromatic carbocycles. The van der Waals surface area contributed by atoms with Gasteiger partial charge in [0.1, 0.15) is 0 Å². The van der Waals surface area contributed by atoms with E-state index in [2.05, 4.69) is 4.98 Å². The van der Waals surface area contributed by atoms with E-state index < -0.39 is 0 Å². The maximum absolute atomic E-state index is 12.6. The number of fused-ring (bicyclic) bond motifs is 3. The van der Waals surface area contributed by atoms with E-state index in [1.54, 1.807) is 0 Å². The van der Waals surface area contributed by atoms with Gasteiger partial charge in [-0.2, -0.15) is 0 Å². The van der Waals surface area contributed by atoms with E-state index in [-0.39, 0.29) is 32.2 Å². The fraction of sp³-hybridized carbons (Fsp3) is 0.471. The van der Waals surface area contributed by atoms with Crippen LogP contribution in [0.3, 0.4) is 0 Å². The number of aromatic nitrogens is 1. The molecule has 3 N–H and O–H groups in total. The van der Waals surface area contributed by atoms with Crippen molar-refractivity contribution in [1.29, 1.82) is 0 Å². The molecular formula is C17H22N2O3. The molecule has 1 aliphatic carbocycles. The Morgan fingerprint density at radius 3 is 2.59 bits per heavy atom. The van der Waals surface area contributed by atoms with Crippen LogP contribution in [0.1, 0.15) is 34.5 Å². The highest BCUT2D eigenvalue weighted by molar-refractivity contribution is 5.99. The summed E-state index contributed by atoms with van der Waals surface area (Å²) in [5.41, 5.74) is 4.33. The van der Waals surface area contributed by atoms with Gasteiger partial charge in [0, 0.05) is 35.2 Å². The van der Waals surface area contributed by atoms with Crippen molar-refractivity contribution in [2.24, 2.45) is 0 Å². The van der Waals surface area contributed by atoms with Gasteiger partial charge in [0.25, 0.3) is 5.91 Å². The molecule has 2 aromatic rings. The van der Waals surface area contributed by atoms with Gasteiger partial charge in [-0.05, 0) is 49.4 Å². The first kappa shape index (κ1) is 15.1. The summed E-state index contributed by atoms with van der Waals surface area (Å²) < 4.78 is 0. The number of nitrogens with one attached hydrogen (secondary N) is 1. The molecule has 5 heteroatoms. The fourth-order valence-electron chi connectivity index (χ4n) is 3.28. The fourth-order valence-corrected chi connectivity index (χ4v) is 3.28. The minimum Gasteiger partial charge on any atom is -0.395 e. The number of carbonyl (C=O) groups excluding carboxylic acids is 1. The van der Waals surface area contributed by atoms with Gasteiger partial charge < -0.3 is 20.1 Å². The molecule has 5 nitrogen and oxygen atoms in total. The lowest BCUT2D eigenvalue weighted by Gasteiger charge is -2.20. The van der Waals surface area contributed by atoms with Crippen LogP contribution >= 0.6 is 0 Å². The molecule has 118 valence electrons. The zero-order chi connectivity index (χ0) is 15.5. The largest absolute Gasteiger partial charge is 0.395 e. The predicted octanol–water partition coefficient (Wildman–Crippen LogP) is 1.47. The van der Waals surface area contributed by atoms with E-state index in [1.165, 1.54) is 29.0 Å². The summed E-state index contributed by atoms with van der Waals surface area (Å²) in [5.74, 6) is -0.143. The van der Waals surface area contributed by atoms with E-state index in [1.807, 2.05) is 18.2 Å². The molecule has 22 heavy (non-hydrogen) atoms. The number of amides is 1. The van der Waals surface area contributed by atoms with Crippen LogP contribution in [-0.4, -0.2) is 52.3 Å². The number of hydrogen-bond donors (Lipinski definition) is 3. The van der Waals surface area contributed by atoms with Gasteiger partial charge in [0.05, 0.1) is 13.2 Å².